The van der Waals surface area contributed by atoms with E-state index in [0.29, 0.717) is 24.8 Å². The quantitative estimate of drug-likeness (QED) is 0.450. The van der Waals surface area contributed by atoms with E-state index in [2.05, 4.69) is 26.3 Å². The van der Waals surface area contributed by atoms with Crippen LogP contribution in [-0.4, -0.2) is 115 Å². The van der Waals surface area contributed by atoms with Gasteiger partial charge in [0.2, 0.25) is 17.7 Å². The average molecular weight is 640 g/mol. The predicted molar refractivity (Wildman–Crippen MR) is 169 cm³/mol. The van der Waals surface area contributed by atoms with E-state index in [9.17, 15) is 27.6 Å². The summed E-state index contributed by atoms with van der Waals surface area (Å²) in [6.45, 7) is 13.9. The van der Waals surface area contributed by atoms with Gasteiger partial charge >= 0.3 is 6.18 Å². The molecule has 46 heavy (non-hydrogen) atoms. The summed E-state index contributed by atoms with van der Waals surface area (Å²) < 4.78 is 41.2. The molecule has 4 aliphatic rings. The Hall–Kier alpha value is -3.97. The van der Waals surface area contributed by atoms with Crippen LogP contribution in [0.3, 0.4) is 0 Å². The monoisotopic (exact) mass is 639 g/mol. The molecule has 13 heteroatoms. The number of carbonyl (C=O) groups is 3. The molecule has 3 saturated heterocycles. The van der Waals surface area contributed by atoms with Crippen LogP contribution in [0.15, 0.2) is 43.0 Å². The largest absolute Gasteiger partial charge is 0.416 e. The third-order valence-electron chi connectivity index (χ3n) is 9.83. The number of aromatic nitrogens is 1. The number of halogens is 3. The number of likely N-dealkylation sites (tertiary alicyclic amines) is 1. The van der Waals surface area contributed by atoms with Gasteiger partial charge in [-0.1, -0.05) is 18.7 Å². The van der Waals surface area contributed by atoms with Crippen molar-refractivity contribution >= 4 is 34.9 Å². The number of fused-ring (bicyclic) bond motifs is 2. The van der Waals surface area contributed by atoms with Crippen LogP contribution >= 0.6 is 0 Å². The normalized spacial score (nSPS) is 23.2. The maximum atomic E-state index is 14.1. The number of para-hydroxylation sites is 1. The molecule has 0 aliphatic carbocycles. The molecule has 2 aromatic rings. The van der Waals surface area contributed by atoms with Crippen molar-refractivity contribution in [2.45, 2.75) is 38.5 Å². The lowest BCUT2D eigenvalue weighted by molar-refractivity contribution is -0.137. The molecule has 0 spiro atoms. The zero-order valence-corrected chi connectivity index (χ0v) is 26.5. The van der Waals surface area contributed by atoms with Gasteiger partial charge in [0.15, 0.2) is 0 Å². The molecule has 5 heterocycles. The van der Waals surface area contributed by atoms with Crippen LogP contribution in [-0.2, 0) is 20.6 Å². The predicted octanol–water partition coefficient (Wildman–Crippen LogP) is 2.94. The fourth-order valence-electron chi connectivity index (χ4n) is 7.31. The summed E-state index contributed by atoms with van der Waals surface area (Å²) in [6, 6.07) is 6.96. The third kappa shape index (κ3) is 5.97. The van der Waals surface area contributed by atoms with Crippen LogP contribution < -0.4 is 14.7 Å². The number of rotatable bonds is 6. The molecule has 1 aromatic carbocycles. The van der Waals surface area contributed by atoms with Crippen molar-refractivity contribution in [1.82, 2.24) is 19.7 Å². The summed E-state index contributed by atoms with van der Waals surface area (Å²) in [5.41, 5.74) is 1.84. The number of carbonyl (C=O) groups excluding carboxylic acids is 3. The lowest BCUT2D eigenvalue weighted by atomic mass is 9.95. The fraction of sp³-hybridized carbons (Fsp3) is 0.515. The first-order valence-electron chi connectivity index (χ1n) is 15.7. The number of benzene rings is 1. The molecule has 10 nitrogen and oxygen atoms in total. The molecule has 0 bridgehead atoms. The highest BCUT2D eigenvalue weighted by atomic mass is 19.4. The zero-order valence-electron chi connectivity index (χ0n) is 26.5. The Morgan fingerprint density at radius 3 is 2.43 bits per heavy atom. The minimum atomic E-state index is -4.62. The summed E-state index contributed by atoms with van der Waals surface area (Å²) in [4.78, 5) is 55.3. The minimum Gasteiger partial charge on any atom is -0.368 e. The van der Waals surface area contributed by atoms with Gasteiger partial charge in [-0.2, -0.15) is 13.2 Å². The number of anilines is 3. The van der Waals surface area contributed by atoms with Crippen LogP contribution in [0.5, 0.6) is 0 Å². The molecule has 3 amide bonds. The smallest absolute Gasteiger partial charge is 0.368 e. The number of hydrogen-bond acceptors (Lipinski definition) is 7. The second kappa shape index (κ2) is 12.3. The number of amides is 3. The van der Waals surface area contributed by atoms with Crippen LogP contribution in [0, 0.1) is 19.8 Å². The lowest BCUT2D eigenvalue weighted by Crippen LogP contribution is -2.64. The Labute approximate surface area is 267 Å². The van der Waals surface area contributed by atoms with Gasteiger partial charge in [-0.15, -0.1) is 0 Å². The van der Waals surface area contributed by atoms with Crippen LogP contribution in [0.4, 0.5) is 30.4 Å². The Balaban J connectivity index is 1.21. The number of aryl methyl sites for hydroxylation is 2. The molecular formula is C33H40F3N7O3. The van der Waals surface area contributed by atoms with E-state index < -0.39 is 29.6 Å². The highest BCUT2D eigenvalue weighted by Gasteiger charge is 2.49. The van der Waals surface area contributed by atoms with Crippen LogP contribution in [0.1, 0.15) is 23.2 Å². The Morgan fingerprint density at radius 2 is 1.76 bits per heavy atom. The van der Waals surface area contributed by atoms with Crippen molar-refractivity contribution in [3.05, 3.63) is 59.8 Å². The van der Waals surface area contributed by atoms with E-state index in [1.54, 1.807) is 11.9 Å². The second-order valence-corrected chi connectivity index (χ2v) is 12.8. The van der Waals surface area contributed by atoms with E-state index in [-0.39, 0.29) is 29.7 Å². The van der Waals surface area contributed by atoms with Gasteiger partial charge in [0.1, 0.15) is 11.9 Å². The first-order chi connectivity index (χ1) is 21.8. The third-order valence-corrected chi connectivity index (χ3v) is 9.83. The van der Waals surface area contributed by atoms with Crippen molar-refractivity contribution in [3.63, 3.8) is 0 Å². The van der Waals surface area contributed by atoms with Crippen LogP contribution in [0.2, 0.25) is 0 Å². The number of pyridine rings is 1. The summed E-state index contributed by atoms with van der Waals surface area (Å²) in [5.74, 6) is -1.37. The van der Waals surface area contributed by atoms with E-state index >= 15 is 0 Å². The molecule has 1 aromatic heterocycles. The number of piperazine rings is 1. The molecule has 3 fully saturated rings. The van der Waals surface area contributed by atoms with E-state index in [1.165, 1.54) is 22.8 Å². The SMILES string of the molecule is C=CC(=O)N1CC(N2CCN(CCN3C[C@H]4CC(=O)N(c5cc(C(F)(F)F)cc(C)n5)[C@@H]4C(=O)N(C)c4cccc(C)c43)CC2)C1. The lowest BCUT2D eigenvalue weighted by Gasteiger charge is -2.48. The van der Waals surface area contributed by atoms with Gasteiger partial charge < -0.3 is 14.7 Å². The minimum absolute atomic E-state index is 0.0263. The van der Waals surface area contributed by atoms with E-state index in [0.717, 1.165) is 69.2 Å². The van der Waals surface area contributed by atoms with Gasteiger partial charge in [0, 0.05) is 90.0 Å². The molecule has 4 aliphatic heterocycles. The van der Waals surface area contributed by atoms with Gasteiger partial charge in [0.25, 0.3) is 0 Å². The molecule has 0 unspecified atom stereocenters. The van der Waals surface area contributed by atoms with Crippen LogP contribution in [0.25, 0.3) is 0 Å². The molecule has 0 N–H and O–H groups in total. The molecule has 6 rings (SSSR count). The maximum absolute atomic E-state index is 14.1. The number of hydrogen-bond donors (Lipinski definition) is 0. The van der Waals surface area contributed by atoms with Gasteiger partial charge in [0.05, 0.1) is 16.9 Å². The Bertz CT molecular complexity index is 1530. The Kier molecular flexibility index (Phi) is 8.57. The maximum Gasteiger partial charge on any atom is 0.416 e. The number of nitrogens with zero attached hydrogens (tertiary/aromatic N) is 7. The summed E-state index contributed by atoms with van der Waals surface area (Å²) >= 11 is 0. The zero-order chi connectivity index (χ0) is 32.9. The van der Waals surface area contributed by atoms with E-state index in [1.807, 2.05) is 25.1 Å². The fourth-order valence-corrected chi connectivity index (χ4v) is 7.31. The number of likely N-dealkylation sites (N-methyl/N-ethyl adjacent to an activating group) is 1. The van der Waals surface area contributed by atoms with Crippen molar-refractivity contribution in [1.29, 1.82) is 0 Å². The Morgan fingerprint density at radius 1 is 1.04 bits per heavy atom. The van der Waals surface area contributed by atoms with Crippen molar-refractivity contribution in [2.75, 3.05) is 80.7 Å². The van der Waals surface area contributed by atoms with E-state index in [4.69, 9.17) is 0 Å². The molecule has 0 saturated carbocycles. The van der Waals surface area contributed by atoms with Gasteiger partial charge in [-0.3, -0.25) is 29.1 Å². The molecule has 0 radical (unpaired) electrons. The molecule has 2 atom stereocenters. The van der Waals surface area contributed by atoms with Gasteiger partial charge in [-0.25, -0.2) is 4.98 Å². The summed E-state index contributed by atoms with van der Waals surface area (Å²) in [5, 5.41) is 0. The first kappa shape index (κ1) is 32.0. The number of alkyl halides is 3. The topological polar surface area (TPSA) is 83.5 Å². The summed E-state index contributed by atoms with van der Waals surface area (Å²) in [6.07, 6.45) is -3.23. The average Bonchev–Trinajstić information content (AvgIpc) is 3.32. The summed E-state index contributed by atoms with van der Waals surface area (Å²) in [7, 11) is 1.66. The standard InChI is InChI=1S/C33H40F3N7O3/c1-5-28(44)42-19-25(20-42)40-12-9-39(10-13-40)11-14-41-18-23-16-29(45)43(27-17-24(33(34,35)36)15-22(3)37-27)31(23)32(46)38(4)26-8-6-7-21(2)30(26)41/h5-8,15,17,23,25,31H,1,9-14,16,18-20H2,2-4H3/t23-,31+/m1/s1. The highest BCUT2D eigenvalue weighted by Crippen LogP contribution is 2.41. The van der Waals surface area contributed by atoms with Crippen molar-refractivity contribution in [3.8, 4) is 0 Å². The highest BCUT2D eigenvalue weighted by molar-refractivity contribution is 6.10. The van der Waals surface area contributed by atoms with Gasteiger partial charge in [-0.05, 0) is 43.7 Å². The first-order valence-corrected chi connectivity index (χ1v) is 15.7. The van der Waals surface area contributed by atoms with Crippen molar-refractivity contribution < 1.29 is 27.6 Å². The molecule has 246 valence electrons. The molecular weight excluding hydrogens is 599 g/mol. The second-order valence-electron chi connectivity index (χ2n) is 12.8. The van der Waals surface area contributed by atoms with Crippen molar-refractivity contribution in [2.24, 2.45) is 5.92 Å².